The van der Waals surface area contributed by atoms with Crippen LogP contribution >= 0.6 is 0 Å². The van der Waals surface area contributed by atoms with Crippen LogP contribution in [0.3, 0.4) is 0 Å². The maximum absolute atomic E-state index is 5.37. The smallest absolute Gasteiger partial charge is 0.0595 e. The Bertz CT molecular complexity index is 152. The van der Waals surface area contributed by atoms with Gasteiger partial charge < -0.3 is 14.5 Å². The third-order valence-electron chi connectivity index (χ3n) is 3.49. The number of methoxy groups -OCH3 is 1. The molecule has 3 heteroatoms. The highest BCUT2D eigenvalue weighted by Crippen LogP contribution is 2.12. The number of likely N-dealkylation sites (N-methyl/N-ethyl adjacent to an activating group) is 1. The zero-order chi connectivity index (χ0) is 11.1. The molecule has 1 aliphatic heterocycles. The topological polar surface area (TPSA) is 15.7 Å². The van der Waals surface area contributed by atoms with Crippen molar-refractivity contribution in [2.24, 2.45) is 0 Å². The minimum atomic E-state index is 0.509. The summed E-state index contributed by atoms with van der Waals surface area (Å²) in [5.74, 6) is 0. The Morgan fingerprint density at radius 2 is 1.80 bits per heavy atom. The van der Waals surface area contributed by atoms with Gasteiger partial charge >= 0.3 is 0 Å². The second kappa shape index (κ2) is 7.20. The Labute approximate surface area is 94.4 Å². The van der Waals surface area contributed by atoms with Gasteiger partial charge in [0.05, 0.1) is 6.10 Å². The lowest BCUT2D eigenvalue weighted by Crippen LogP contribution is -2.41. The summed E-state index contributed by atoms with van der Waals surface area (Å²) in [6, 6.07) is 0. The summed E-state index contributed by atoms with van der Waals surface area (Å²) in [7, 11) is 1.83. The predicted octanol–water partition coefficient (Wildman–Crippen LogP) is 1.44. The summed E-state index contributed by atoms with van der Waals surface area (Å²) >= 11 is 0. The van der Waals surface area contributed by atoms with E-state index in [0.29, 0.717) is 6.10 Å². The lowest BCUT2D eigenvalue weighted by Gasteiger charge is -2.32. The first-order valence-electron chi connectivity index (χ1n) is 6.27. The molecule has 0 radical (unpaired) electrons. The molecule has 0 aliphatic carbocycles. The fourth-order valence-electron chi connectivity index (χ4n) is 2.19. The third kappa shape index (κ3) is 4.49. The van der Waals surface area contributed by atoms with E-state index < -0.39 is 0 Å². The van der Waals surface area contributed by atoms with Gasteiger partial charge in [-0.05, 0) is 25.9 Å². The van der Waals surface area contributed by atoms with Crippen LogP contribution in [0.2, 0.25) is 0 Å². The second-order valence-electron chi connectivity index (χ2n) is 4.30. The summed E-state index contributed by atoms with van der Waals surface area (Å²) in [4.78, 5) is 5.05. The van der Waals surface area contributed by atoms with Crippen LogP contribution in [0, 0.1) is 0 Å². The molecule has 1 saturated heterocycles. The van der Waals surface area contributed by atoms with E-state index in [1.807, 2.05) is 7.11 Å². The number of likely N-dealkylation sites (tertiary alicyclic amines) is 1. The van der Waals surface area contributed by atoms with Crippen molar-refractivity contribution >= 4 is 0 Å². The molecule has 0 saturated carbocycles. The van der Waals surface area contributed by atoms with Crippen LogP contribution in [0.15, 0.2) is 0 Å². The summed E-state index contributed by atoms with van der Waals surface area (Å²) in [5.41, 5.74) is 0. The Hall–Kier alpha value is -0.120. The molecule has 3 nitrogen and oxygen atoms in total. The van der Waals surface area contributed by atoms with Crippen molar-refractivity contribution in [1.29, 1.82) is 0 Å². The van der Waals surface area contributed by atoms with Gasteiger partial charge in [0, 0.05) is 33.3 Å². The molecule has 1 rings (SSSR count). The van der Waals surface area contributed by atoms with Crippen molar-refractivity contribution in [1.82, 2.24) is 9.80 Å². The Balaban J connectivity index is 2.12. The van der Waals surface area contributed by atoms with Crippen molar-refractivity contribution in [3.8, 4) is 0 Å². The SMILES string of the molecule is CCN(CC)CCN1CCC(OC)CC1. The van der Waals surface area contributed by atoms with Gasteiger partial charge in [-0.1, -0.05) is 13.8 Å². The summed E-state index contributed by atoms with van der Waals surface area (Å²) in [6.45, 7) is 11.7. The van der Waals surface area contributed by atoms with E-state index in [9.17, 15) is 0 Å². The van der Waals surface area contributed by atoms with Crippen molar-refractivity contribution in [2.75, 3.05) is 46.4 Å². The molecular weight excluding hydrogens is 188 g/mol. The van der Waals surface area contributed by atoms with Crippen molar-refractivity contribution in [3.63, 3.8) is 0 Å². The average Bonchev–Trinajstić information content (AvgIpc) is 2.31. The molecule has 0 aromatic rings. The molecule has 0 aromatic carbocycles. The van der Waals surface area contributed by atoms with Gasteiger partial charge in [0.2, 0.25) is 0 Å². The lowest BCUT2D eigenvalue weighted by molar-refractivity contribution is 0.0386. The van der Waals surface area contributed by atoms with Crippen LogP contribution in [-0.2, 0) is 4.74 Å². The Kier molecular flexibility index (Phi) is 6.22. The molecule has 0 N–H and O–H groups in total. The van der Waals surface area contributed by atoms with Crippen LogP contribution in [0.5, 0.6) is 0 Å². The van der Waals surface area contributed by atoms with Crippen molar-refractivity contribution in [2.45, 2.75) is 32.8 Å². The van der Waals surface area contributed by atoms with Gasteiger partial charge in [-0.2, -0.15) is 0 Å². The summed E-state index contributed by atoms with van der Waals surface area (Å²) < 4.78 is 5.37. The maximum atomic E-state index is 5.37. The molecule has 1 fully saturated rings. The maximum Gasteiger partial charge on any atom is 0.0595 e. The fraction of sp³-hybridized carbons (Fsp3) is 1.00. The normalized spacial score (nSPS) is 20.0. The number of hydrogen-bond acceptors (Lipinski definition) is 3. The van der Waals surface area contributed by atoms with Gasteiger partial charge in [-0.3, -0.25) is 0 Å². The van der Waals surface area contributed by atoms with E-state index in [1.54, 1.807) is 0 Å². The second-order valence-corrected chi connectivity index (χ2v) is 4.30. The van der Waals surface area contributed by atoms with Crippen LogP contribution < -0.4 is 0 Å². The van der Waals surface area contributed by atoms with Crippen LogP contribution in [0.25, 0.3) is 0 Å². The van der Waals surface area contributed by atoms with Gasteiger partial charge in [-0.15, -0.1) is 0 Å². The number of ether oxygens (including phenoxy) is 1. The largest absolute Gasteiger partial charge is 0.381 e. The van der Waals surface area contributed by atoms with E-state index in [-0.39, 0.29) is 0 Å². The minimum absolute atomic E-state index is 0.509. The van der Waals surface area contributed by atoms with Gasteiger partial charge in [-0.25, -0.2) is 0 Å². The van der Waals surface area contributed by atoms with Crippen molar-refractivity contribution < 1.29 is 4.74 Å². The number of piperidine rings is 1. The number of nitrogens with zero attached hydrogens (tertiary/aromatic N) is 2. The zero-order valence-corrected chi connectivity index (χ0v) is 10.5. The molecule has 1 heterocycles. The van der Waals surface area contributed by atoms with Crippen LogP contribution in [-0.4, -0.2) is 62.3 Å². The zero-order valence-electron chi connectivity index (χ0n) is 10.5. The van der Waals surface area contributed by atoms with Crippen molar-refractivity contribution in [3.05, 3.63) is 0 Å². The molecule has 0 bridgehead atoms. The Morgan fingerprint density at radius 3 is 2.27 bits per heavy atom. The number of rotatable bonds is 6. The van der Waals surface area contributed by atoms with Gasteiger partial charge in [0.1, 0.15) is 0 Å². The lowest BCUT2D eigenvalue weighted by atomic mass is 10.1. The molecule has 0 amide bonds. The van der Waals surface area contributed by atoms with Crippen LogP contribution in [0.4, 0.5) is 0 Å². The van der Waals surface area contributed by atoms with Crippen LogP contribution in [0.1, 0.15) is 26.7 Å². The summed E-state index contributed by atoms with van der Waals surface area (Å²) in [6.07, 6.45) is 2.92. The van der Waals surface area contributed by atoms with E-state index >= 15 is 0 Å². The standard InChI is InChI=1S/C12H26N2O/c1-4-13(5-2)10-11-14-8-6-12(15-3)7-9-14/h12H,4-11H2,1-3H3. The monoisotopic (exact) mass is 214 g/mol. The summed E-state index contributed by atoms with van der Waals surface area (Å²) in [5, 5.41) is 0. The molecule has 0 atom stereocenters. The molecule has 15 heavy (non-hydrogen) atoms. The first-order chi connectivity index (χ1) is 7.30. The molecule has 0 spiro atoms. The Morgan fingerprint density at radius 1 is 1.20 bits per heavy atom. The highest BCUT2D eigenvalue weighted by Gasteiger charge is 2.18. The third-order valence-corrected chi connectivity index (χ3v) is 3.49. The quantitative estimate of drug-likeness (QED) is 0.665. The molecule has 90 valence electrons. The van der Waals surface area contributed by atoms with Gasteiger partial charge in [0.15, 0.2) is 0 Å². The predicted molar refractivity (Wildman–Crippen MR) is 64.3 cm³/mol. The average molecular weight is 214 g/mol. The first-order valence-corrected chi connectivity index (χ1v) is 6.27. The highest BCUT2D eigenvalue weighted by atomic mass is 16.5. The minimum Gasteiger partial charge on any atom is -0.381 e. The molecule has 1 aliphatic rings. The molecular formula is C12H26N2O. The molecule has 0 aromatic heterocycles. The fourth-order valence-corrected chi connectivity index (χ4v) is 2.19. The molecule has 0 unspecified atom stereocenters. The van der Waals surface area contributed by atoms with E-state index in [2.05, 4.69) is 23.6 Å². The van der Waals surface area contributed by atoms with E-state index in [1.165, 1.54) is 52.1 Å². The van der Waals surface area contributed by atoms with Gasteiger partial charge in [0.25, 0.3) is 0 Å². The van der Waals surface area contributed by atoms with E-state index in [4.69, 9.17) is 4.74 Å². The highest BCUT2D eigenvalue weighted by molar-refractivity contribution is 4.72. The number of hydrogen-bond donors (Lipinski definition) is 0. The van der Waals surface area contributed by atoms with E-state index in [0.717, 1.165) is 0 Å². The first kappa shape index (κ1) is 12.9.